The molecule has 1 unspecified atom stereocenters. The van der Waals surface area contributed by atoms with Crippen LogP contribution in [0, 0.1) is 11.8 Å². The van der Waals surface area contributed by atoms with Crippen LogP contribution in [0.1, 0.15) is 17.2 Å². The maximum Gasteiger partial charge on any atom is 0.210 e. The summed E-state index contributed by atoms with van der Waals surface area (Å²) in [5, 5.41) is 3.57. The summed E-state index contributed by atoms with van der Waals surface area (Å²) >= 11 is 0. The third-order valence-electron chi connectivity index (χ3n) is 2.87. The maximum absolute atomic E-state index is 11.6. The van der Waals surface area contributed by atoms with Crippen molar-refractivity contribution in [3.8, 4) is 11.8 Å². The molecule has 0 spiro atoms. The Morgan fingerprint density at radius 2 is 1.78 bits per heavy atom. The fraction of sp³-hybridized carbons (Fsp3) is 0.125. The Balaban J connectivity index is 2.42. The summed E-state index contributed by atoms with van der Waals surface area (Å²) < 4.78 is 25.6. The van der Waals surface area contributed by atoms with Crippen LogP contribution in [0.3, 0.4) is 0 Å². The van der Waals surface area contributed by atoms with Crippen molar-refractivity contribution >= 4 is 15.7 Å². The van der Waals surface area contributed by atoms with E-state index in [1.165, 1.54) is 0 Å². The van der Waals surface area contributed by atoms with E-state index in [0.29, 0.717) is 11.3 Å². The number of hydrogen-bond donors (Lipinski definition) is 1. The standard InChI is InChI=1S/C16H14N4O2S/c1-23(21,22)19-16(13-7-3-2-4-8-13)12-11-14-9-5-6-10-15(14)18-20-17/h2-10,16,19H,1H3. The summed E-state index contributed by atoms with van der Waals surface area (Å²) in [6.45, 7) is 0. The second kappa shape index (κ2) is 7.47. The number of azide groups is 1. The Morgan fingerprint density at radius 1 is 1.13 bits per heavy atom. The number of sulfonamides is 1. The first kappa shape index (κ1) is 16.6. The van der Waals surface area contributed by atoms with E-state index in [-0.39, 0.29) is 0 Å². The zero-order valence-electron chi connectivity index (χ0n) is 12.3. The second-order valence-corrected chi connectivity index (χ2v) is 6.49. The first-order valence-corrected chi connectivity index (χ1v) is 8.56. The third-order valence-corrected chi connectivity index (χ3v) is 3.54. The average molecular weight is 326 g/mol. The van der Waals surface area contributed by atoms with Gasteiger partial charge in [0.05, 0.1) is 11.9 Å². The summed E-state index contributed by atoms with van der Waals surface area (Å²) in [4.78, 5) is 2.76. The molecule has 1 atom stereocenters. The zero-order chi connectivity index (χ0) is 16.7. The SMILES string of the molecule is CS(=O)(=O)NC(C#Cc1ccccc1N=[N+]=[N-])c1ccccc1. The molecular formula is C16H14N4O2S. The lowest BCUT2D eigenvalue weighted by Crippen LogP contribution is -2.26. The monoisotopic (exact) mass is 326 g/mol. The van der Waals surface area contributed by atoms with E-state index in [4.69, 9.17) is 5.53 Å². The Morgan fingerprint density at radius 3 is 2.43 bits per heavy atom. The van der Waals surface area contributed by atoms with Crippen LogP contribution in [0.15, 0.2) is 59.7 Å². The highest BCUT2D eigenvalue weighted by atomic mass is 32.2. The van der Waals surface area contributed by atoms with Gasteiger partial charge in [0.2, 0.25) is 10.0 Å². The van der Waals surface area contributed by atoms with Crippen molar-refractivity contribution in [1.82, 2.24) is 4.72 Å². The van der Waals surface area contributed by atoms with Gasteiger partial charge in [0, 0.05) is 10.5 Å². The van der Waals surface area contributed by atoms with Crippen molar-refractivity contribution in [3.63, 3.8) is 0 Å². The first-order chi connectivity index (χ1) is 11.0. The molecule has 0 aliphatic rings. The summed E-state index contributed by atoms with van der Waals surface area (Å²) in [7, 11) is -3.43. The van der Waals surface area contributed by atoms with E-state index in [2.05, 4.69) is 26.6 Å². The molecule has 2 aromatic carbocycles. The lowest BCUT2D eigenvalue weighted by Gasteiger charge is -2.11. The molecule has 1 N–H and O–H groups in total. The Labute approximate surface area is 134 Å². The Kier molecular flexibility index (Phi) is 5.39. The number of hydrogen-bond acceptors (Lipinski definition) is 3. The highest BCUT2D eigenvalue weighted by molar-refractivity contribution is 7.88. The van der Waals surface area contributed by atoms with Gasteiger partial charge in [-0.05, 0) is 17.2 Å². The van der Waals surface area contributed by atoms with Crippen molar-refractivity contribution in [2.24, 2.45) is 5.11 Å². The van der Waals surface area contributed by atoms with E-state index < -0.39 is 16.1 Å². The topological polar surface area (TPSA) is 94.9 Å². The molecule has 0 saturated heterocycles. The molecule has 0 radical (unpaired) electrons. The van der Waals surface area contributed by atoms with Crippen LogP contribution in [0.2, 0.25) is 0 Å². The van der Waals surface area contributed by atoms with Crippen molar-refractivity contribution in [3.05, 3.63) is 76.2 Å². The van der Waals surface area contributed by atoms with Gasteiger partial charge in [0.1, 0.15) is 6.04 Å². The summed E-state index contributed by atoms with van der Waals surface area (Å²) in [6, 6.07) is 15.2. The lowest BCUT2D eigenvalue weighted by atomic mass is 10.1. The molecule has 0 aliphatic carbocycles. The number of rotatable bonds is 4. The predicted octanol–water partition coefficient (Wildman–Crippen LogP) is 3.27. The largest absolute Gasteiger partial charge is 0.213 e. The average Bonchev–Trinajstić information content (AvgIpc) is 2.53. The minimum Gasteiger partial charge on any atom is -0.213 e. The molecule has 2 rings (SSSR count). The zero-order valence-corrected chi connectivity index (χ0v) is 13.2. The first-order valence-electron chi connectivity index (χ1n) is 6.67. The van der Waals surface area contributed by atoms with Gasteiger partial charge in [0.25, 0.3) is 0 Å². The molecule has 7 heteroatoms. The quantitative estimate of drug-likeness (QED) is 0.404. The minimum atomic E-state index is -3.43. The van der Waals surface area contributed by atoms with Crippen molar-refractivity contribution in [1.29, 1.82) is 0 Å². The molecule has 0 fully saturated rings. The molecule has 6 nitrogen and oxygen atoms in total. The van der Waals surface area contributed by atoms with Crippen LogP contribution in [0.5, 0.6) is 0 Å². The summed E-state index contributed by atoms with van der Waals surface area (Å²) in [5.41, 5.74) is 10.2. The number of nitrogens with zero attached hydrogens (tertiary/aromatic N) is 3. The molecule has 2 aromatic rings. The molecule has 0 aliphatic heterocycles. The second-order valence-electron chi connectivity index (χ2n) is 4.71. The van der Waals surface area contributed by atoms with Gasteiger partial charge in [-0.25, -0.2) is 8.42 Å². The van der Waals surface area contributed by atoms with Crippen molar-refractivity contribution in [2.75, 3.05) is 6.26 Å². The normalized spacial score (nSPS) is 11.7. The maximum atomic E-state index is 11.6. The lowest BCUT2D eigenvalue weighted by molar-refractivity contribution is 0.582. The van der Waals surface area contributed by atoms with Crippen LogP contribution < -0.4 is 4.72 Å². The van der Waals surface area contributed by atoms with Crippen molar-refractivity contribution in [2.45, 2.75) is 6.04 Å². The van der Waals surface area contributed by atoms with Gasteiger partial charge in [-0.3, -0.25) is 0 Å². The summed E-state index contributed by atoms with van der Waals surface area (Å²) in [6.07, 6.45) is 1.08. The van der Waals surface area contributed by atoms with Gasteiger partial charge >= 0.3 is 0 Å². The van der Waals surface area contributed by atoms with Gasteiger partial charge in [-0.1, -0.05) is 65.5 Å². The molecule has 0 bridgehead atoms. The Bertz CT molecular complexity index is 892. The molecule has 0 aromatic heterocycles. The molecular weight excluding hydrogens is 312 g/mol. The van der Waals surface area contributed by atoms with Crippen LogP contribution in [-0.4, -0.2) is 14.7 Å². The number of nitrogens with one attached hydrogen (secondary N) is 1. The van der Waals surface area contributed by atoms with E-state index >= 15 is 0 Å². The minimum absolute atomic E-state index is 0.397. The molecule has 0 saturated carbocycles. The van der Waals surface area contributed by atoms with Crippen molar-refractivity contribution < 1.29 is 8.42 Å². The van der Waals surface area contributed by atoms with Gasteiger partial charge in [-0.15, -0.1) is 0 Å². The molecule has 0 amide bonds. The summed E-state index contributed by atoms with van der Waals surface area (Å²) in [5.74, 6) is 5.76. The smallest absolute Gasteiger partial charge is 0.210 e. The van der Waals surface area contributed by atoms with Gasteiger partial charge < -0.3 is 0 Å². The van der Waals surface area contributed by atoms with E-state index in [1.54, 1.807) is 36.4 Å². The van der Waals surface area contributed by atoms with Crippen LogP contribution >= 0.6 is 0 Å². The van der Waals surface area contributed by atoms with E-state index in [9.17, 15) is 8.42 Å². The van der Waals surface area contributed by atoms with Crippen LogP contribution in [0.4, 0.5) is 5.69 Å². The fourth-order valence-electron chi connectivity index (χ4n) is 1.91. The van der Waals surface area contributed by atoms with Gasteiger partial charge in [-0.2, -0.15) is 4.72 Å². The predicted molar refractivity (Wildman–Crippen MR) is 89.3 cm³/mol. The molecule has 116 valence electrons. The number of benzene rings is 2. The van der Waals surface area contributed by atoms with E-state index in [0.717, 1.165) is 11.8 Å². The van der Waals surface area contributed by atoms with Gasteiger partial charge in [0.15, 0.2) is 0 Å². The molecule has 0 heterocycles. The fourth-order valence-corrected chi connectivity index (χ4v) is 2.53. The highest BCUT2D eigenvalue weighted by Gasteiger charge is 2.13. The van der Waals surface area contributed by atoms with Crippen LogP contribution in [-0.2, 0) is 10.0 Å². The molecule has 23 heavy (non-hydrogen) atoms. The van der Waals surface area contributed by atoms with E-state index in [1.807, 2.05) is 18.2 Å². The highest BCUT2D eigenvalue weighted by Crippen LogP contribution is 2.19. The third kappa shape index (κ3) is 5.16. The van der Waals surface area contributed by atoms with Crippen LogP contribution in [0.25, 0.3) is 10.4 Å². The Hall–Kier alpha value is -2.78.